The van der Waals surface area contributed by atoms with Crippen molar-refractivity contribution in [1.82, 2.24) is 19.9 Å². The lowest BCUT2D eigenvalue weighted by Crippen LogP contribution is -2.29. The Morgan fingerprint density at radius 2 is 2.07 bits per heavy atom. The minimum Gasteiger partial charge on any atom is -0.484 e. The van der Waals surface area contributed by atoms with E-state index in [0.29, 0.717) is 49.5 Å². The number of aromatic nitrogens is 3. The van der Waals surface area contributed by atoms with E-state index in [4.69, 9.17) is 14.2 Å². The van der Waals surface area contributed by atoms with Crippen molar-refractivity contribution in [2.75, 3.05) is 19.8 Å². The zero-order valence-corrected chi connectivity index (χ0v) is 15.7. The van der Waals surface area contributed by atoms with Gasteiger partial charge in [0.15, 0.2) is 5.75 Å². The van der Waals surface area contributed by atoms with Crippen LogP contribution in [0, 0.1) is 19.7 Å². The Kier molecular flexibility index (Phi) is 4.82. The number of nitrogens with zero attached hydrogens (tertiary/aromatic N) is 4. The van der Waals surface area contributed by atoms with Crippen LogP contribution in [0.15, 0.2) is 12.3 Å². The molecule has 0 saturated carbocycles. The van der Waals surface area contributed by atoms with Crippen LogP contribution < -0.4 is 14.2 Å². The fourth-order valence-electron chi connectivity index (χ4n) is 3.50. The largest absolute Gasteiger partial charge is 0.484 e. The summed E-state index contributed by atoms with van der Waals surface area (Å²) in [5.41, 5.74) is 2.00. The zero-order chi connectivity index (χ0) is 19.0. The van der Waals surface area contributed by atoms with Crippen molar-refractivity contribution in [3.8, 4) is 17.5 Å². The highest BCUT2D eigenvalue weighted by molar-refractivity contribution is 5.36. The number of aryl methyl sites for hydroxylation is 2. The van der Waals surface area contributed by atoms with E-state index in [1.165, 1.54) is 6.07 Å². The number of fused-ring (bicyclic) bond motifs is 1. The van der Waals surface area contributed by atoms with Crippen molar-refractivity contribution in [2.24, 2.45) is 0 Å². The normalized spacial score (nSPS) is 22.1. The van der Waals surface area contributed by atoms with E-state index in [-0.39, 0.29) is 18.0 Å². The smallest absolute Gasteiger partial charge is 0.257 e. The van der Waals surface area contributed by atoms with E-state index >= 15 is 0 Å². The van der Waals surface area contributed by atoms with Gasteiger partial charge in [-0.1, -0.05) is 0 Å². The van der Waals surface area contributed by atoms with Crippen LogP contribution in [0.3, 0.4) is 0 Å². The molecule has 0 N–H and O–H groups in total. The average molecular weight is 374 g/mol. The monoisotopic (exact) mass is 374 g/mol. The molecular weight excluding hydrogens is 351 g/mol. The molecule has 0 unspecified atom stereocenters. The topological polar surface area (TPSA) is 69.6 Å². The summed E-state index contributed by atoms with van der Waals surface area (Å²) in [7, 11) is 0. The Labute approximate surface area is 157 Å². The standard InChI is InChI=1S/C19H23FN4O3/c1-11-8-21-18(13(3)22-11)27-14-6-12(2)24(9-14)10-16-15(20)7-17-19(23-16)26-5-4-25-17/h7-8,12,14H,4-6,9-10H2,1-3H3/t12-,14+/m0/s1. The molecule has 0 aliphatic carbocycles. The average Bonchev–Trinajstić information content (AvgIpc) is 2.97. The van der Waals surface area contributed by atoms with Gasteiger partial charge in [0, 0.05) is 31.6 Å². The summed E-state index contributed by atoms with van der Waals surface area (Å²) in [5.74, 6) is 0.911. The first kappa shape index (κ1) is 17.9. The Bertz CT molecular complexity index is 848. The molecule has 0 aromatic carbocycles. The van der Waals surface area contributed by atoms with Crippen molar-refractivity contribution >= 4 is 0 Å². The molecule has 0 spiro atoms. The molecule has 2 aromatic heterocycles. The van der Waals surface area contributed by atoms with Crippen molar-refractivity contribution in [3.05, 3.63) is 35.2 Å². The van der Waals surface area contributed by atoms with Crippen LogP contribution in [-0.2, 0) is 6.54 Å². The third-order valence-electron chi connectivity index (χ3n) is 4.88. The minimum absolute atomic E-state index is 0.0176. The molecule has 0 amide bonds. The molecule has 0 bridgehead atoms. The molecule has 144 valence electrons. The number of pyridine rings is 1. The molecule has 4 rings (SSSR count). The molecule has 1 fully saturated rings. The molecule has 27 heavy (non-hydrogen) atoms. The van der Waals surface area contributed by atoms with Crippen LogP contribution in [0.5, 0.6) is 17.5 Å². The number of hydrogen-bond acceptors (Lipinski definition) is 7. The van der Waals surface area contributed by atoms with Gasteiger partial charge in [-0.15, -0.1) is 0 Å². The van der Waals surface area contributed by atoms with Gasteiger partial charge in [0.2, 0.25) is 5.88 Å². The Morgan fingerprint density at radius 1 is 1.26 bits per heavy atom. The lowest BCUT2D eigenvalue weighted by atomic mass is 10.2. The second-order valence-corrected chi connectivity index (χ2v) is 7.07. The maximum Gasteiger partial charge on any atom is 0.257 e. The Balaban J connectivity index is 1.44. The van der Waals surface area contributed by atoms with E-state index in [2.05, 4.69) is 26.8 Å². The second-order valence-electron chi connectivity index (χ2n) is 7.07. The van der Waals surface area contributed by atoms with Crippen LogP contribution in [0.25, 0.3) is 0 Å². The molecule has 2 aliphatic heterocycles. The lowest BCUT2D eigenvalue weighted by Gasteiger charge is -2.22. The molecule has 1 saturated heterocycles. The molecule has 0 radical (unpaired) electrons. The minimum atomic E-state index is -0.379. The van der Waals surface area contributed by atoms with Crippen LogP contribution >= 0.6 is 0 Å². The fourth-order valence-corrected chi connectivity index (χ4v) is 3.50. The van der Waals surface area contributed by atoms with E-state index in [1.54, 1.807) is 6.20 Å². The first-order valence-electron chi connectivity index (χ1n) is 9.15. The van der Waals surface area contributed by atoms with Crippen LogP contribution in [-0.4, -0.2) is 51.8 Å². The molecule has 2 aromatic rings. The highest BCUT2D eigenvalue weighted by Crippen LogP contribution is 2.31. The quantitative estimate of drug-likeness (QED) is 0.814. The van der Waals surface area contributed by atoms with E-state index in [0.717, 1.165) is 17.8 Å². The summed E-state index contributed by atoms with van der Waals surface area (Å²) in [6.45, 7) is 7.80. The summed E-state index contributed by atoms with van der Waals surface area (Å²) < 4.78 is 31.3. The SMILES string of the molecule is Cc1cnc(O[C@@H]2C[C@H](C)N(Cc3nc4c(cc3F)OCCO4)C2)c(C)n1. The van der Waals surface area contributed by atoms with Gasteiger partial charge in [-0.3, -0.25) is 9.88 Å². The van der Waals surface area contributed by atoms with Crippen molar-refractivity contribution in [3.63, 3.8) is 0 Å². The first-order chi connectivity index (χ1) is 13.0. The Hall–Kier alpha value is -2.48. The number of hydrogen-bond donors (Lipinski definition) is 0. The summed E-state index contributed by atoms with van der Waals surface area (Å²) in [4.78, 5) is 15.2. The van der Waals surface area contributed by atoms with Gasteiger partial charge in [0.1, 0.15) is 25.1 Å². The lowest BCUT2D eigenvalue weighted by molar-refractivity contribution is 0.160. The molecule has 2 atom stereocenters. The Morgan fingerprint density at radius 3 is 2.89 bits per heavy atom. The fraction of sp³-hybridized carbons (Fsp3) is 0.526. The summed E-state index contributed by atoms with van der Waals surface area (Å²) in [6.07, 6.45) is 2.52. The number of ether oxygens (including phenoxy) is 3. The highest BCUT2D eigenvalue weighted by Gasteiger charge is 2.32. The maximum absolute atomic E-state index is 14.4. The van der Waals surface area contributed by atoms with Gasteiger partial charge in [-0.2, -0.15) is 0 Å². The van der Waals surface area contributed by atoms with Gasteiger partial charge in [0.25, 0.3) is 5.88 Å². The van der Waals surface area contributed by atoms with Gasteiger partial charge >= 0.3 is 0 Å². The first-order valence-corrected chi connectivity index (χ1v) is 9.15. The molecular formula is C19H23FN4O3. The second kappa shape index (κ2) is 7.26. The van der Waals surface area contributed by atoms with E-state index < -0.39 is 0 Å². The summed E-state index contributed by atoms with van der Waals surface area (Å²) in [6, 6.07) is 1.60. The van der Waals surface area contributed by atoms with Crippen LogP contribution in [0.2, 0.25) is 0 Å². The van der Waals surface area contributed by atoms with Crippen molar-refractivity contribution < 1.29 is 18.6 Å². The van der Waals surface area contributed by atoms with E-state index in [1.807, 2.05) is 13.8 Å². The summed E-state index contributed by atoms with van der Waals surface area (Å²) in [5, 5.41) is 0. The third-order valence-corrected chi connectivity index (χ3v) is 4.88. The molecule has 7 nitrogen and oxygen atoms in total. The van der Waals surface area contributed by atoms with Gasteiger partial charge in [-0.05, 0) is 20.8 Å². The highest BCUT2D eigenvalue weighted by atomic mass is 19.1. The predicted molar refractivity (Wildman–Crippen MR) is 95.6 cm³/mol. The van der Waals surface area contributed by atoms with Gasteiger partial charge < -0.3 is 14.2 Å². The number of rotatable bonds is 4. The third kappa shape index (κ3) is 3.80. The van der Waals surface area contributed by atoms with E-state index in [9.17, 15) is 4.39 Å². The van der Waals surface area contributed by atoms with Gasteiger partial charge in [0.05, 0.1) is 23.3 Å². The maximum atomic E-state index is 14.4. The number of halogens is 1. The molecule has 4 heterocycles. The molecule has 8 heteroatoms. The van der Waals surface area contributed by atoms with Crippen LogP contribution in [0.1, 0.15) is 30.4 Å². The van der Waals surface area contributed by atoms with Gasteiger partial charge in [-0.25, -0.2) is 14.4 Å². The van der Waals surface area contributed by atoms with Crippen molar-refractivity contribution in [1.29, 1.82) is 0 Å². The number of likely N-dealkylation sites (tertiary alicyclic amines) is 1. The van der Waals surface area contributed by atoms with Crippen molar-refractivity contribution in [2.45, 2.75) is 45.9 Å². The van der Waals surface area contributed by atoms with Crippen LogP contribution in [0.4, 0.5) is 4.39 Å². The zero-order valence-electron chi connectivity index (χ0n) is 15.7. The molecule has 2 aliphatic rings. The summed E-state index contributed by atoms with van der Waals surface area (Å²) >= 11 is 0. The predicted octanol–water partition coefficient (Wildman–Crippen LogP) is 2.44.